The van der Waals surface area contributed by atoms with Crippen LogP contribution in [0.5, 0.6) is 0 Å². The molecule has 21 heavy (non-hydrogen) atoms. The lowest BCUT2D eigenvalue weighted by Gasteiger charge is -2.04. The summed E-state index contributed by atoms with van der Waals surface area (Å²) in [5.74, 6) is -0.413. The van der Waals surface area contributed by atoms with E-state index in [0.717, 1.165) is 15.6 Å². The quantitative estimate of drug-likeness (QED) is 0.668. The minimum atomic E-state index is -0.413. The Bertz CT molecular complexity index is 710. The minimum Gasteiger partial charge on any atom is -0.321 e. The number of amides is 1. The molecule has 104 valence electrons. The number of anilines is 1. The fourth-order valence-corrected chi connectivity index (χ4v) is 1.97. The Morgan fingerprint density at radius 3 is 2.33 bits per heavy atom. The Hall–Kier alpha value is -2.38. The van der Waals surface area contributed by atoms with Crippen molar-refractivity contribution in [1.29, 1.82) is 5.26 Å². The van der Waals surface area contributed by atoms with Crippen molar-refractivity contribution in [3.8, 4) is 6.07 Å². The van der Waals surface area contributed by atoms with E-state index < -0.39 is 5.91 Å². The molecule has 0 bridgehead atoms. The van der Waals surface area contributed by atoms with Crippen molar-refractivity contribution < 1.29 is 4.79 Å². The van der Waals surface area contributed by atoms with Crippen molar-refractivity contribution in [1.82, 2.24) is 0 Å². The lowest BCUT2D eigenvalue weighted by molar-refractivity contribution is -0.112. The smallest absolute Gasteiger partial charge is 0.266 e. The second kappa shape index (κ2) is 6.87. The molecule has 0 saturated carbocycles. The van der Waals surface area contributed by atoms with Crippen LogP contribution in [0.15, 0.2) is 58.6 Å². The first kappa shape index (κ1) is 15.0. The Kier molecular flexibility index (Phi) is 4.91. The summed E-state index contributed by atoms with van der Waals surface area (Å²) >= 11 is 3.34. The van der Waals surface area contributed by atoms with Gasteiger partial charge in [-0.2, -0.15) is 5.26 Å². The number of nitrogens with one attached hydrogen (secondary N) is 1. The van der Waals surface area contributed by atoms with Crippen LogP contribution in [-0.4, -0.2) is 5.91 Å². The third-order valence-corrected chi connectivity index (χ3v) is 3.38. The number of halogens is 1. The first-order valence-electron chi connectivity index (χ1n) is 6.34. The van der Waals surface area contributed by atoms with Gasteiger partial charge in [-0.05, 0) is 42.8 Å². The highest BCUT2D eigenvalue weighted by Crippen LogP contribution is 2.15. The maximum absolute atomic E-state index is 12.1. The van der Waals surface area contributed by atoms with Crippen LogP contribution in [0, 0.1) is 18.3 Å². The zero-order valence-electron chi connectivity index (χ0n) is 11.4. The van der Waals surface area contributed by atoms with Crippen molar-refractivity contribution >= 4 is 33.6 Å². The largest absolute Gasteiger partial charge is 0.321 e. The van der Waals surface area contributed by atoms with E-state index in [2.05, 4.69) is 21.2 Å². The molecule has 2 aromatic rings. The van der Waals surface area contributed by atoms with E-state index >= 15 is 0 Å². The molecule has 0 aliphatic heterocycles. The summed E-state index contributed by atoms with van der Waals surface area (Å²) < 4.78 is 0.947. The first-order valence-corrected chi connectivity index (χ1v) is 7.13. The monoisotopic (exact) mass is 340 g/mol. The summed E-state index contributed by atoms with van der Waals surface area (Å²) in [5.41, 5.74) is 2.65. The molecule has 0 heterocycles. The number of aryl methyl sites for hydroxylation is 1. The van der Waals surface area contributed by atoms with Crippen LogP contribution in [0.3, 0.4) is 0 Å². The lowest BCUT2D eigenvalue weighted by Crippen LogP contribution is -2.13. The molecule has 3 nitrogen and oxygen atoms in total. The van der Waals surface area contributed by atoms with Gasteiger partial charge in [0.15, 0.2) is 0 Å². The third-order valence-electron chi connectivity index (χ3n) is 2.86. The molecule has 1 amide bonds. The van der Waals surface area contributed by atoms with E-state index in [0.29, 0.717) is 5.69 Å². The fourth-order valence-electron chi connectivity index (χ4n) is 1.71. The number of benzene rings is 2. The maximum atomic E-state index is 12.1. The number of carbonyl (C=O) groups excluding carboxylic acids is 1. The number of hydrogen-bond acceptors (Lipinski definition) is 2. The summed E-state index contributed by atoms with van der Waals surface area (Å²) in [6.07, 6.45) is 1.57. The van der Waals surface area contributed by atoms with Gasteiger partial charge in [0.2, 0.25) is 0 Å². The molecule has 1 N–H and O–H groups in total. The summed E-state index contributed by atoms with van der Waals surface area (Å²) in [7, 11) is 0. The van der Waals surface area contributed by atoms with Crippen molar-refractivity contribution in [2.75, 3.05) is 5.32 Å². The molecule has 0 aliphatic carbocycles. The van der Waals surface area contributed by atoms with Crippen molar-refractivity contribution in [2.45, 2.75) is 6.92 Å². The van der Waals surface area contributed by atoms with E-state index in [4.69, 9.17) is 5.26 Å². The molecule has 0 fully saturated rings. The fraction of sp³-hybridized carbons (Fsp3) is 0.0588. The van der Waals surface area contributed by atoms with Gasteiger partial charge >= 0.3 is 0 Å². The lowest BCUT2D eigenvalue weighted by atomic mass is 10.1. The Morgan fingerprint density at radius 2 is 1.76 bits per heavy atom. The molecule has 0 aliphatic rings. The summed E-state index contributed by atoms with van der Waals surface area (Å²) in [5, 5.41) is 11.9. The van der Waals surface area contributed by atoms with Crippen molar-refractivity contribution in [2.24, 2.45) is 0 Å². The molecule has 2 aromatic carbocycles. The maximum Gasteiger partial charge on any atom is 0.266 e. The van der Waals surface area contributed by atoms with E-state index in [1.165, 1.54) is 0 Å². The van der Waals surface area contributed by atoms with Crippen LogP contribution < -0.4 is 5.32 Å². The zero-order valence-corrected chi connectivity index (χ0v) is 13.0. The molecular weight excluding hydrogens is 328 g/mol. The van der Waals surface area contributed by atoms with Crippen LogP contribution >= 0.6 is 15.9 Å². The van der Waals surface area contributed by atoms with Gasteiger partial charge in [-0.1, -0.05) is 45.8 Å². The number of rotatable bonds is 3. The van der Waals surface area contributed by atoms with Crippen molar-refractivity contribution in [3.05, 3.63) is 69.7 Å². The molecular formula is C17H13BrN2O. The van der Waals surface area contributed by atoms with E-state index in [9.17, 15) is 4.79 Å². The average molecular weight is 341 g/mol. The first-order chi connectivity index (χ1) is 10.1. The number of nitrogens with zero attached hydrogens (tertiary/aromatic N) is 1. The number of nitriles is 1. The summed E-state index contributed by atoms with van der Waals surface area (Å²) in [6, 6.07) is 16.7. The van der Waals surface area contributed by atoms with Gasteiger partial charge in [-0.3, -0.25) is 4.79 Å². The van der Waals surface area contributed by atoms with Gasteiger partial charge in [-0.15, -0.1) is 0 Å². The van der Waals surface area contributed by atoms with Gasteiger partial charge in [0.25, 0.3) is 5.91 Å². The topological polar surface area (TPSA) is 52.9 Å². The van der Waals surface area contributed by atoms with Gasteiger partial charge < -0.3 is 5.32 Å². The highest BCUT2D eigenvalue weighted by atomic mass is 79.9. The number of carbonyl (C=O) groups is 1. The molecule has 0 radical (unpaired) electrons. The molecule has 2 rings (SSSR count). The zero-order chi connectivity index (χ0) is 15.2. The standard InChI is InChI=1S/C17H13BrN2O/c1-12-2-8-16(9-3-12)20-17(21)14(11-19)10-13-4-6-15(18)7-5-13/h2-10H,1H3,(H,20,21)/b14-10-. The third kappa shape index (κ3) is 4.30. The van der Waals surface area contributed by atoms with Crippen molar-refractivity contribution in [3.63, 3.8) is 0 Å². The van der Waals surface area contributed by atoms with E-state index in [-0.39, 0.29) is 5.57 Å². The molecule has 0 aromatic heterocycles. The van der Waals surface area contributed by atoms with Gasteiger partial charge in [0.05, 0.1) is 0 Å². The molecule has 4 heteroatoms. The Balaban J connectivity index is 2.17. The predicted octanol–water partition coefficient (Wildman–Crippen LogP) is 4.30. The normalized spacial score (nSPS) is 10.8. The van der Waals surface area contributed by atoms with E-state index in [1.807, 2.05) is 61.5 Å². The van der Waals surface area contributed by atoms with Crippen LogP contribution in [0.4, 0.5) is 5.69 Å². The average Bonchev–Trinajstić information content (AvgIpc) is 2.49. The van der Waals surface area contributed by atoms with Gasteiger partial charge in [0, 0.05) is 10.2 Å². The summed E-state index contributed by atoms with van der Waals surface area (Å²) in [4.78, 5) is 12.1. The molecule has 0 unspecified atom stereocenters. The molecule has 0 spiro atoms. The Morgan fingerprint density at radius 1 is 1.14 bits per heavy atom. The predicted molar refractivity (Wildman–Crippen MR) is 87.5 cm³/mol. The summed E-state index contributed by atoms with van der Waals surface area (Å²) in [6.45, 7) is 1.97. The second-order valence-corrected chi connectivity index (χ2v) is 5.46. The van der Waals surface area contributed by atoms with Crippen LogP contribution in [0.1, 0.15) is 11.1 Å². The van der Waals surface area contributed by atoms with Crippen LogP contribution in [-0.2, 0) is 4.79 Å². The van der Waals surface area contributed by atoms with Crippen LogP contribution in [0.25, 0.3) is 6.08 Å². The van der Waals surface area contributed by atoms with Gasteiger partial charge in [-0.25, -0.2) is 0 Å². The minimum absolute atomic E-state index is 0.0675. The van der Waals surface area contributed by atoms with Crippen LogP contribution in [0.2, 0.25) is 0 Å². The van der Waals surface area contributed by atoms with E-state index in [1.54, 1.807) is 6.08 Å². The van der Waals surface area contributed by atoms with Gasteiger partial charge in [0.1, 0.15) is 11.6 Å². The highest BCUT2D eigenvalue weighted by molar-refractivity contribution is 9.10. The molecule has 0 atom stereocenters. The number of hydrogen-bond donors (Lipinski definition) is 1. The second-order valence-electron chi connectivity index (χ2n) is 4.54. The highest BCUT2D eigenvalue weighted by Gasteiger charge is 2.09. The Labute approximate surface area is 132 Å². The molecule has 0 saturated heterocycles. The SMILES string of the molecule is Cc1ccc(NC(=O)/C(C#N)=C\c2ccc(Br)cc2)cc1.